The molecule has 1 amide bonds. The van der Waals surface area contributed by atoms with Gasteiger partial charge in [-0.25, -0.2) is 5.43 Å². The van der Waals surface area contributed by atoms with Crippen LogP contribution in [0.25, 0.3) is 0 Å². The Kier molecular flexibility index (Phi) is 5.84. The highest BCUT2D eigenvalue weighted by atomic mass is 16.5. The zero-order valence-corrected chi connectivity index (χ0v) is 15.4. The summed E-state index contributed by atoms with van der Waals surface area (Å²) in [4.78, 5) is 17.3. The second-order valence-electron chi connectivity index (χ2n) is 7.64. The quantitative estimate of drug-likeness (QED) is 0.845. The first-order valence-electron chi connectivity index (χ1n) is 9.97. The number of nitrogens with one attached hydrogen (secondary N) is 2. The van der Waals surface area contributed by atoms with E-state index in [9.17, 15) is 4.79 Å². The highest BCUT2D eigenvalue weighted by Crippen LogP contribution is 2.26. The molecule has 3 fully saturated rings. The van der Waals surface area contributed by atoms with Gasteiger partial charge in [0, 0.05) is 31.7 Å². The predicted octanol–water partition coefficient (Wildman–Crippen LogP) is 1.14. The van der Waals surface area contributed by atoms with Crippen LogP contribution in [-0.2, 0) is 16.1 Å². The first kappa shape index (κ1) is 17.9. The lowest BCUT2D eigenvalue weighted by molar-refractivity contribution is -0.137. The van der Waals surface area contributed by atoms with E-state index < -0.39 is 0 Å². The number of piperidine rings is 1. The molecule has 142 valence electrons. The van der Waals surface area contributed by atoms with E-state index >= 15 is 0 Å². The minimum absolute atomic E-state index is 0.112. The Morgan fingerprint density at radius 1 is 1.08 bits per heavy atom. The average molecular weight is 358 g/mol. The molecule has 6 heteroatoms. The number of morpholine rings is 1. The van der Waals surface area contributed by atoms with Crippen molar-refractivity contribution in [3.8, 4) is 0 Å². The molecular weight excluding hydrogens is 328 g/mol. The van der Waals surface area contributed by atoms with Crippen molar-refractivity contribution in [1.82, 2.24) is 20.7 Å². The maximum Gasteiger partial charge on any atom is 0.241 e. The number of nitrogens with zero attached hydrogens (tertiary/aromatic N) is 2. The number of ether oxygens (including phenoxy) is 1. The number of carbonyl (C=O) groups excluding carboxylic acids is 1. The summed E-state index contributed by atoms with van der Waals surface area (Å²) in [6, 6.07) is 11.4. The fourth-order valence-electron chi connectivity index (χ4n) is 4.49. The third-order valence-corrected chi connectivity index (χ3v) is 5.91. The van der Waals surface area contributed by atoms with Gasteiger partial charge in [0.1, 0.15) is 6.04 Å². The van der Waals surface area contributed by atoms with Crippen LogP contribution in [-0.4, -0.2) is 66.7 Å². The van der Waals surface area contributed by atoms with E-state index in [0.29, 0.717) is 38.4 Å². The van der Waals surface area contributed by atoms with E-state index in [1.807, 2.05) is 4.90 Å². The van der Waals surface area contributed by atoms with Crippen molar-refractivity contribution in [3.63, 3.8) is 0 Å². The number of rotatable bonds is 4. The van der Waals surface area contributed by atoms with Gasteiger partial charge in [-0.2, -0.15) is 0 Å². The minimum Gasteiger partial charge on any atom is -0.378 e. The van der Waals surface area contributed by atoms with Crippen molar-refractivity contribution in [3.05, 3.63) is 35.9 Å². The van der Waals surface area contributed by atoms with Crippen LogP contribution in [0, 0.1) is 0 Å². The van der Waals surface area contributed by atoms with Crippen molar-refractivity contribution in [2.75, 3.05) is 32.8 Å². The van der Waals surface area contributed by atoms with Gasteiger partial charge in [-0.05, 0) is 31.4 Å². The van der Waals surface area contributed by atoms with Gasteiger partial charge in [-0.15, -0.1) is 0 Å². The van der Waals surface area contributed by atoms with Gasteiger partial charge in [0.2, 0.25) is 5.91 Å². The van der Waals surface area contributed by atoms with Gasteiger partial charge in [0.15, 0.2) is 0 Å². The maximum atomic E-state index is 12.8. The molecule has 3 saturated heterocycles. The summed E-state index contributed by atoms with van der Waals surface area (Å²) in [5.74, 6) is 0.216. The van der Waals surface area contributed by atoms with Gasteiger partial charge in [0.25, 0.3) is 0 Å². The molecule has 6 nitrogen and oxygen atoms in total. The van der Waals surface area contributed by atoms with Crippen LogP contribution in [0.2, 0.25) is 0 Å². The second kappa shape index (κ2) is 8.48. The molecule has 3 aliphatic rings. The standard InChI is InChI=1S/C20H30N4O2/c25-20(23-10-12-26-13-11-23)18-14-17(21-22-18)19-8-4-5-9-24(19)15-16-6-2-1-3-7-16/h1-3,6-7,17-19,21-22H,4-5,8-15H2. The highest BCUT2D eigenvalue weighted by Gasteiger charge is 2.39. The molecule has 0 radical (unpaired) electrons. The fourth-order valence-corrected chi connectivity index (χ4v) is 4.49. The molecule has 26 heavy (non-hydrogen) atoms. The summed E-state index contributed by atoms with van der Waals surface area (Å²) < 4.78 is 5.36. The van der Waals surface area contributed by atoms with Crippen molar-refractivity contribution in [2.45, 2.75) is 50.4 Å². The van der Waals surface area contributed by atoms with Crippen LogP contribution in [0.1, 0.15) is 31.2 Å². The zero-order valence-electron chi connectivity index (χ0n) is 15.4. The van der Waals surface area contributed by atoms with Crippen molar-refractivity contribution < 1.29 is 9.53 Å². The number of amides is 1. The molecule has 4 rings (SSSR count). The van der Waals surface area contributed by atoms with Crippen molar-refractivity contribution >= 4 is 5.91 Å². The number of carbonyl (C=O) groups is 1. The molecule has 2 N–H and O–H groups in total. The Labute approximate surface area is 155 Å². The third kappa shape index (κ3) is 4.09. The molecule has 0 aliphatic carbocycles. The second-order valence-corrected chi connectivity index (χ2v) is 7.64. The van der Waals surface area contributed by atoms with E-state index in [2.05, 4.69) is 46.1 Å². The van der Waals surface area contributed by atoms with E-state index in [1.54, 1.807) is 0 Å². The first-order valence-corrected chi connectivity index (χ1v) is 9.97. The fraction of sp³-hybridized carbons (Fsp3) is 0.650. The Balaban J connectivity index is 1.37. The Morgan fingerprint density at radius 2 is 1.88 bits per heavy atom. The average Bonchev–Trinajstić information content (AvgIpc) is 3.19. The third-order valence-electron chi connectivity index (χ3n) is 5.91. The van der Waals surface area contributed by atoms with Gasteiger partial charge >= 0.3 is 0 Å². The molecule has 0 spiro atoms. The summed E-state index contributed by atoms with van der Waals surface area (Å²) in [6.07, 6.45) is 4.60. The summed E-state index contributed by atoms with van der Waals surface area (Å²) in [6.45, 7) is 4.87. The molecule has 0 aromatic heterocycles. The molecule has 3 atom stereocenters. The summed E-state index contributed by atoms with van der Waals surface area (Å²) >= 11 is 0. The monoisotopic (exact) mass is 358 g/mol. The molecule has 1 aromatic carbocycles. The number of hydrazine groups is 1. The van der Waals surface area contributed by atoms with Crippen molar-refractivity contribution in [1.29, 1.82) is 0 Å². The van der Waals surface area contributed by atoms with E-state index in [4.69, 9.17) is 4.74 Å². The minimum atomic E-state index is -0.112. The number of hydrogen-bond donors (Lipinski definition) is 2. The maximum absolute atomic E-state index is 12.8. The normalized spacial score (nSPS) is 30.5. The lowest BCUT2D eigenvalue weighted by Gasteiger charge is -2.39. The van der Waals surface area contributed by atoms with E-state index in [0.717, 1.165) is 19.5 Å². The topological polar surface area (TPSA) is 56.8 Å². The molecule has 1 aromatic rings. The van der Waals surface area contributed by atoms with Crippen LogP contribution in [0.15, 0.2) is 30.3 Å². The van der Waals surface area contributed by atoms with Crippen LogP contribution in [0.3, 0.4) is 0 Å². The zero-order chi connectivity index (χ0) is 17.8. The van der Waals surface area contributed by atoms with Crippen LogP contribution < -0.4 is 10.9 Å². The summed E-state index contributed by atoms with van der Waals surface area (Å²) in [5.41, 5.74) is 8.09. The van der Waals surface area contributed by atoms with E-state index in [-0.39, 0.29) is 11.9 Å². The SMILES string of the molecule is O=C(C1CC(C2CCCCN2Cc2ccccc2)NN1)N1CCOCC1. The Hall–Kier alpha value is -1.47. The lowest BCUT2D eigenvalue weighted by Crippen LogP contribution is -2.51. The van der Waals surface area contributed by atoms with Crippen LogP contribution in [0.4, 0.5) is 0 Å². The Bertz CT molecular complexity index is 591. The lowest BCUT2D eigenvalue weighted by atomic mass is 9.92. The first-order chi connectivity index (χ1) is 12.8. The highest BCUT2D eigenvalue weighted by molar-refractivity contribution is 5.82. The van der Waals surface area contributed by atoms with E-state index in [1.165, 1.54) is 24.8 Å². The number of likely N-dealkylation sites (tertiary alicyclic amines) is 1. The molecule has 3 heterocycles. The molecule has 0 bridgehead atoms. The largest absolute Gasteiger partial charge is 0.378 e. The Morgan fingerprint density at radius 3 is 2.69 bits per heavy atom. The summed E-state index contributed by atoms with van der Waals surface area (Å²) in [7, 11) is 0. The molecule has 0 saturated carbocycles. The van der Waals surface area contributed by atoms with Crippen LogP contribution >= 0.6 is 0 Å². The number of benzene rings is 1. The van der Waals surface area contributed by atoms with Crippen LogP contribution in [0.5, 0.6) is 0 Å². The number of hydrogen-bond acceptors (Lipinski definition) is 5. The molecular formula is C20H30N4O2. The smallest absolute Gasteiger partial charge is 0.241 e. The van der Waals surface area contributed by atoms with Gasteiger partial charge in [0.05, 0.1) is 13.2 Å². The van der Waals surface area contributed by atoms with Gasteiger partial charge in [-0.1, -0.05) is 36.8 Å². The molecule has 3 unspecified atom stereocenters. The molecule has 3 aliphatic heterocycles. The predicted molar refractivity (Wildman–Crippen MR) is 100 cm³/mol. The van der Waals surface area contributed by atoms with Crippen molar-refractivity contribution in [2.24, 2.45) is 0 Å². The van der Waals surface area contributed by atoms with Gasteiger partial charge < -0.3 is 9.64 Å². The summed E-state index contributed by atoms with van der Waals surface area (Å²) in [5, 5.41) is 0. The van der Waals surface area contributed by atoms with Gasteiger partial charge in [-0.3, -0.25) is 15.1 Å².